The van der Waals surface area contributed by atoms with Gasteiger partial charge in [-0.25, -0.2) is 0 Å². The molecule has 6 nitrogen and oxygen atoms in total. The summed E-state index contributed by atoms with van der Waals surface area (Å²) in [7, 11) is 2.24. The summed E-state index contributed by atoms with van der Waals surface area (Å²) in [4.78, 5) is 24.5. The van der Waals surface area contributed by atoms with Crippen molar-refractivity contribution in [3.8, 4) is 12.1 Å². The average Bonchev–Trinajstić information content (AvgIpc) is 2.42. The van der Waals surface area contributed by atoms with Crippen LogP contribution < -0.4 is 0 Å². The number of nitrogens with zero attached hydrogens (tertiary/aromatic N) is 2. The number of hydrogen-bond donors (Lipinski definition) is 0. The molecule has 0 amide bonds. The first-order valence-electron chi connectivity index (χ1n) is 6.22. The zero-order chi connectivity index (χ0) is 16.1. The summed E-state index contributed by atoms with van der Waals surface area (Å²) in [5, 5.41) is 19.2. The van der Waals surface area contributed by atoms with Gasteiger partial charge in [0.1, 0.15) is 0 Å². The van der Waals surface area contributed by atoms with E-state index in [0.29, 0.717) is 0 Å². The van der Waals surface area contributed by atoms with Gasteiger partial charge in [-0.05, 0) is 11.8 Å². The van der Waals surface area contributed by atoms with Gasteiger partial charge in [0.2, 0.25) is 0 Å². The van der Waals surface area contributed by atoms with Crippen LogP contribution in [0.25, 0.3) is 0 Å². The van der Waals surface area contributed by atoms with Crippen molar-refractivity contribution in [3.05, 3.63) is 0 Å². The Morgan fingerprint density at radius 1 is 0.850 bits per heavy atom. The molecule has 0 aliphatic rings. The number of carbonyl (C=O) groups is 2. The van der Waals surface area contributed by atoms with E-state index >= 15 is 0 Å². The Kier molecular flexibility index (Phi) is 5.72. The van der Waals surface area contributed by atoms with Gasteiger partial charge in [0.05, 0.1) is 26.4 Å². The van der Waals surface area contributed by atoms with Gasteiger partial charge in [0.15, 0.2) is 10.8 Å². The number of nitriles is 2. The molecule has 110 valence electrons. The van der Waals surface area contributed by atoms with Crippen LogP contribution in [-0.2, 0) is 19.1 Å². The molecule has 0 aromatic carbocycles. The van der Waals surface area contributed by atoms with Gasteiger partial charge in [-0.15, -0.1) is 0 Å². The van der Waals surface area contributed by atoms with Crippen molar-refractivity contribution in [1.82, 2.24) is 0 Å². The predicted molar refractivity (Wildman–Crippen MR) is 69.8 cm³/mol. The summed E-state index contributed by atoms with van der Waals surface area (Å²) in [5.74, 6) is -3.03. The fraction of sp³-hybridized carbons (Fsp3) is 0.714. The highest BCUT2D eigenvalue weighted by molar-refractivity contribution is 5.93. The molecule has 0 radical (unpaired) electrons. The monoisotopic (exact) mass is 280 g/mol. The molecule has 0 rings (SSSR count). The molecule has 0 spiro atoms. The summed E-state index contributed by atoms with van der Waals surface area (Å²) in [5.41, 5.74) is -3.87. The van der Waals surface area contributed by atoms with Gasteiger partial charge in [-0.1, -0.05) is 27.7 Å². The third-order valence-electron chi connectivity index (χ3n) is 3.72. The van der Waals surface area contributed by atoms with Gasteiger partial charge in [0.25, 0.3) is 0 Å². The van der Waals surface area contributed by atoms with Crippen LogP contribution in [0.4, 0.5) is 0 Å². The lowest BCUT2D eigenvalue weighted by Crippen LogP contribution is -2.57. The Bertz CT molecular complexity index is 429. The highest BCUT2D eigenvalue weighted by Crippen LogP contribution is 2.51. The molecule has 0 saturated carbocycles. The average molecular weight is 280 g/mol. The highest BCUT2D eigenvalue weighted by Gasteiger charge is 2.67. The van der Waals surface area contributed by atoms with Gasteiger partial charge in [-0.3, -0.25) is 9.59 Å². The Labute approximate surface area is 119 Å². The van der Waals surface area contributed by atoms with E-state index in [1.807, 2.05) is 12.1 Å². The topological polar surface area (TPSA) is 100 Å². The van der Waals surface area contributed by atoms with Gasteiger partial charge < -0.3 is 9.47 Å². The van der Waals surface area contributed by atoms with Crippen molar-refractivity contribution < 1.29 is 19.1 Å². The molecule has 0 aliphatic carbocycles. The van der Waals surface area contributed by atoms with E-state index in [0.717, 1.165) is 14.2 Å². The van der Waals surface area contributed by atoms with Crippen molar-refractivity contribution in [2.45, 2.75) is 27.7 Å². The second kappa shape index (κ2) is 6.38. The summed E-state index contributed by atoms with van der Waals surface area (Å²) in [6.07, 6.45) is 0. The van der Waals surface area contributed by atoms with Crippen LogP contribution in [0.3, 0.4) is 0 Å². The van der Waals surface area contributed by atoms with Crippen molar-refractivity contribution in [3.63, 3.8) is 0 Å². The lowest BCUT2D eigenvalue weighted by molar-refractivity contribution is -0.175. The standard InChI is InChI=1S/C14H20N2O4/c1-9(2)13(7-15,11(17)19-5)14(8-16,10(3)4)12(18)20-6/h9-10H,1-6H3. The Hall–Kier alpha value is -2.08. The molecular formula is C14H20N2O4. The van der Waals surface area contributed by atoms with E-state index in [9.17, 15) is 20.1 Å². The molecule has 0 N–H and O–H groups in total. The van der Waals surface area contributed by atoms with E-state index in [1.54, 1.807) is 27.7 Å². The third-order valence-corrected chi connectivity index (χ3v) is 3.72. The quantitative estimate of drug-likeness (QED) is 0.710. The molecule has 0 heterocycles. The third kappa shape index (κ3) is 2.12. The zero-order valence-electron chi connectivity index (χ0n) is 12.7. The summed E-state index contributed by atoms with van der Waals surface area (Å²) in [6.45, 7) is 6.38. The number of ether oxygens (including phenoxy) is 2. The Balaban J connectivity index is 6.65. The summed E-state index contributed by atoms with van der Waals surface area (Å²) < 4.78 is 9.40. The van der Waals surface area contributed by atoms with Crippen LogP contribution in [0.15, 0.2) is 0 Å². The zero-order valence-corrected chi connectivity index (χ0v) is 12.7. The maximum Gasteiger partial charge on any atom is 0.328 e. The minimum atomic E-state index is -1.93. The first-order valence-corrected chi connectivity index (χ1v) is 6.22. The molecule has 0 aromatic rings. The fourth-order valence-corrected chi connectivity index (χ4v) is 2.55. The molecule has 0 saturated heterocycles. The van der Waals surface area contributed by atoms with Gasteiger partial charge in [-0.2, -0.15) is 10.5 Å². The maximum atomic E-state index is 12.2. The molecule has 0 fully saturated rings. The molecule has 0 bridgehead atoms. The van der Waals surface area contributed by atoms with Crippen LogP contribution in [0.2, 0.25) is 0 Å². The van der Waals surface area contributed by atoms with Crippen LogP contribution in [-0.4, -0.2) is 26.2 Å². The lowest BCUT2D eigenvalue weighted by atomic mass is 9.54. The van der Waals surface area contributed by atoms with Crippen LogP contribution in [0.1, 0.15) is 27.7 Å². The largest absolute Gasteiger partial charge is 0.468 e. The fourth-order valence-electron chi connectivity index (χ4n) is 2.55. The first-order chi connectivity index (χ1) is 9.22. The van der Waals surface area contributed by atoms with E-state index in [4.69, 9.17) is 9.47 Å². The molecule has 2 unspecified atom stereocenters. The van der Waals surface area contributed by atoms with Crippen LogP contribution in [0.5, 0.6) is 0 Å². The minimum Gasteiger partial charge on any atom is -0.468 e. The van der Waals surface area contributed by atoms with Gasteiger partial charge >= 0.3 is 11.9 Å². The number of methoxy groups -OCH3 is 2. The van der Waals surface area contributed by atoms with Crippen molar-refractivity contribution >= 4 is 11.9 Å². The number of esters is 2. The molecular weight excluding hydrogens is 260 g/mol. The van der Waals surface area contributed by atoms with Crippen molar-refractivity contribution in [2.24, 2.45) is 22.7 Å². The van der Waals surface area contributed by atoms with Crippen LogP contribution >= 0.6 is 0 Å². The SMILES string of the molecule is COC(=O)C(C#N)(C(C)C)C(C#N)(C(=O)OC)C(C)C. The highest BCUT2D eigenvalue weighted by atomic mass is 16.5. The first kappa shape index (κ1) is 17.9. The summed E-state index contributed by atoms with van der Waals surface area (Å²) >= 11 is 0. The van der Waals surface area contributed by atoms with Crippen molar-refractivity contribution in [1.29, 1.82) is 10.5 Å². The molecule has 20 heavy (non-hydrogen) atoms. The predicted octanol–water partition coefficient (Wildman–Crippen LogP) is 1.66. The second-order valence-corrected chi connectivity index (χ2v) is 5.13. The maximum absolute atomic E-state index is 12.2. The van der Waals surface area contributed by atoms with E-state index in [1.165, 1.54) is 0 Å². The van der Waals surface area contributed by atoms with Crippen molar-refractivity contribution in [2.75, 3.05) is 14.2 Å². The summed E-state index contributed by atoms with van der Waals surface area (Å²) in [6, 6.07) is 3.71. The Morgan fingerprint density at radius 3 is 1.20 bits per heavy atom. The minimum absolute atomic E-state index is 0.610. The molecule has 2 atom stereocenters. The Morgan fingerprint density at radius 2 is 1.10 bits per heavy atom. The molecule has 6 heteroatoms. The van der Waals surface area contributed by atoms with E-state index < -0.39 is 34.6 Å². The molecule has 0 aromatic heterocycles. The number of rotatable bonds is 5. The van der Waals surface area contributed by atoms with Gasteiger partial charge in [0, 0.05) is 0 Å². The smallest absolute Gasteiger partial charge is 0.328 e. The number of carbonyl (C=O) groups excluding carboxylic acids is 2. The van der Waals surface area contributed by atoms with E-state index in [2.05, 4.69) is 0 Å². The molecule has 0 aliphatic heterocycles. The van der Waals surface area contributed by atoms with Crippen LogP contribution in [0, 0.1) is 45.3 Å². The van der Waals surface area contributed by atoms with E-state index in [-0.39, 0.29) is 0 Å². The number of hydrogen-bond acceptors (Lipinski definition) is 6. The second-order valence-electron chi connectivity index (χ2n) is 5.13. The normalized spacial score (nSPS) is 16.5. The lowest BCUT2D eigenvalue weighted by Gasteiger charge is -2.42.